The van der Waals surface area contributed by atoms with Crippen LogP contribution in [0.1, 0.15) is 29.6 Å². The van der Waals surface area contributed by atoms with E-state index >= 15 is 0 Å². The van der Waals surface area contributed by atoms with E-state index in [4.69, 9.17) is 34.1 Å². The summed E-state index contributed by atoms with van der Waals surface area (Å²) in [6, 6.07) is 4.57. The number of halogens is 2. The van der Waals surface area contributed by atoms with Crippen LogP contribution in [0.4, 0.5) is 0 Å². The number of rotatable bonds is 3. The fourth-order valence-corrected chi connectivity index (χ4v) is 2.75. The predicted molar refractivity (Wildman–Crippen MR) is 78.5 cm³/mol. The highest BCUT2D eigenvalue weighted by Gasteiger charge is 2.31. The summed E-state index contributed by atoms with van der Waals surface area (Å²) in [6.07, 6.45) is 2.52. The Labute approximate surface area is 126 Å². The highest BCUT2D eigenvalue weighted by atomic mass is 35.5. The van der Waals surface area contributed by atoms with Gasteiger partial charge in [0, 0.05) is 17.5 Å². The molecule has 0 bridgehead atoms. The Hall–Kier alpha value is -1.46. The zero-order chi connectivity index (χ0) is 14.7. The maximum atomic E-state index is 12.2. The molecule has 1 aliphatic carbocycles. The van der Waals surface area contributed by atoms with Gasteiger partial charge in [-0.25, -0.2) is 0 Å². The minimum Gasteiger partial charge on any atom is -0.409 e. The molecule has 20 heavy (non-hydrogen) atoms. The monoisotopic (exact) mass is 315 g/mol. The van der Waals surface area contributed by atoms with E-state index < -0.39 is 0 Å². The summed E-state index contributed by atoms with van der Waals surface area (Å²) >= 11 is 11.7. The average Bonchev–Trinajstić information content (AvgIpc) is 2.89. The molecule has 1 saturated carbocycles. The number of oxime groups is 1. The van der Waals surface area contributed by atoms with Crippen LogP contribution in [0.25, 0.3) is 0 Å². The van der Waals surface area contributed by atoms with E-state index in [1.54, 1.807) is 12.1 Å². The first-order chi connectivity index (χ1) is 9.52. The molecule has 0 aromatic heterocycles. The van der Waals surface area contributed by atoms with Crippen molar-refractivity contribution >= 4 is 34.9 Å². The maximum absolute atomic E-state index is 12.2. The second kappa shape index (κ2) is 6.33. The van der Waals surface area contributed by atoms with E-state index in [0.717, 1.165) is 19.3 Å². The van der Waals surface area contributed by atoms with Gasteiger partial charge in [0.15, 0.2) is 0 Å². The van der Waals surface area contributed by atoms with E-state index in [2.05, 4.69) is 10.5 Å². The highest BCUT2D eigenvalue weighted by molar-refractivity contribution is 6.42. The average molecular weight is 316 g/mol. The number of amidine groups is 1. The lowest BCUT2D eigenvalue weighted by molar-refractivity contribution is 0.0933. The van der Waals surface area contributed by atoms with Crippen LogP contribution in [-0.4, -0.2) is 23.0 Å². The van der Waals surface area contributed by atoms with Crippen LogP contribution in [0.5, 0.6) is 0 Å². The van der Waals surface area contributed by atoms with Gasteiger partial charge < -0.3 is 16.3 Å². The van der Waals surface area contributed by atoms with Gasteiger partial charge in [-0.1, -0.05) is 34.8 Å². The highest BCUT2D eigenvalue weighted by Crippen LogP contribution is 2.27. The Morgan fingerprint density at radius 2 is 2.10 bits per heavy atom. The Morgan fingerprint density at radius 3 is 2.75 bits per heavy atom. The number of hydrogen-bond donors (Lipinski definition) is 3. The van der Waals surface area contributed by atoms with Gasteiger partial charge in [0.2, 0.25) is 0 Å². The minimum absolute atomic E-state index is 0.132. The molecular formula is C13H15Cl2N3O2. The first-order valence-corrected chi connectivity index (χ1v) is 7.02. The summed E-state index contributed by atoms with van der Waals surface area (Å²) in [5, 5.41) is 15.4. The second-order valence-corrected chi connectivity index (χ2v) is 5.59. The molecule has 1 amide bonds. The summed E-state index contributed by atoms with van der Waals surface area (Å²) in [5.74, 6) is -0.222. The van der Waals surface area contributed by atoms with Crippen LogP contribution in [0.2, 0.25) is 10.0 Å². The molecule has 1 aliphatic rings. The lowest BCUT2D eigenvalue weighted by Gasteiger charge is -2.19. The standard InChI is InChI=1S/C13H15Cl2N3O2/c14-9-5-4-7(6-10(9)15)13(19)17-11-3-1-2-8(11)12(16)18-20/h4-6,8,11,20H,1-3H2,(H2,16,18)(H,17,19). The van der Waals surface area contributed by atoms with Crippen molar-refractivity contribution in [2.24, 2.45) is 16.8 Å². The molecule has 0 aliphatic heterocycles. The summed E-state index contributed by atoms with van der Waals surface area (Å²) in [6.45, 7) is 0. The predicted octanol–water partition coefficient (Wildman–Crippen LogP) is 2.64. The Kier molecular flexibility index (Phi) is 4.73. The first kappa shape index (κ1) is 14.9. The molecule has 4 N–H and O–H groups in total. The fourth-order valence-electron chi connectivity index (χ4n) is 2.45. The number of hydrogen-bond acceptors (Lipinski definition) is 3. The third kappa shape index (κ3) is 3.16. The number of amides is 1. The normalized spacial score (nSPS) is 22.8. The van der Waals surface area contributed by atoms with Gasteiger partial charge in [0.1, 0.15) is 5.84 Å². The van der Waals surface area contributed by atoms with Gasteiger partial charge in [0.05, 0.1) is 10.0 Å². The van der Waals surface area contributed by atoms with Crippen molar-refractivity contribution in [2.75, 3.05) is 0 Å². The van der Waals surface area contributed by atoms with Crippen LogP contribution in [-0.2, 0) is 0 Å². The molecule has 1 aromatic carbocycles. The number of nitrogens with one attached hydrogen (secondary N) is 1. The van der Waals surface area contributed by atoms with Crippen molar-refractivity contribution in [3.8, 4) is 0 Å². The fraction of sp³-hybridized carbons (Fsp3) is 0.385. The van der Waals surface area contributed by atoms with Crippen molar-refractivity contribution in [1.82, 2.24) is 5.32 Å². The Balaban J connectivity index is 2.09. The SMILES string of the molecule is NC(=NO)C1CCCC1NC(=O)c1ccc(Cl)c(Cl)c1. The number of nitrogens with zero attached hydrogens (tertiary/aromatic N) is 1. The van der Waals surface area contributed by atoms with Gasteiger partial charge in [-0.2, -0.15) is 0 Å². The molecule has 0 saturated heterocycles. The largest absolute Gasteiger partial charge is 0.409 e. The molecule has 7 heteroatoms. The van der Waals surface area contributed by atoms with Crippen molar-refractivity contribution in [3.05, 3.63) is 33.8 Å². The molecule has 1 aromatic rings. The van der Waals surface area contributed by atoms with Crippen LogP contribution in [0, 0.1) is 5.92 Å². The van der Waals surface area contributed by atoms with Gasteiger partial charge in [0.25, 0.3) is 5.91 Å². The lowest BCUT2D eigenvalue weighted by Crippen LogP contribution is -2.42. The molecule has 1 fully saturated rings. The molecule has 5 nitrogen and oxygen atoms in total. The van der Waals surface area contributed by atoms with Crippen molar-refractivity contribution in [3.63, 3.8) is 0 Å². The summed E-state index contributed by atoms with van der Waals surface area (Å²) in [4.78, 5) is 12.2. The first-order valence-electron chi connectivity index (χ1n) is 6.26. The van der Waals surface area contributed by atoms with Crippen LogP contribution >= 0.6 is 23.2 Å². The second-order valence-electron chi connectivity index (χ2n) is 4.77. The van der Waals surface area contributed by atoms with Crippen molar-refractivity contribution < 1.29 is 10.0 Å². The molecule has 2 unspecified atom stereocenters. The van der Waals surface area contributed by atoms with Crippen LogP contribution in [0.15, 0.2) is 23.4 Å². The lowest BCUT2D eigenvalue weighted by atomic mass is 10.0. The van der Waals surface area contributed by atoms with E-state index in [9.17, 15) is 4.79 Å². The van der Waals surface area contributed by atoms with Gasteiger partial charge >= 0.3 is 0 Å². The maximum Gasteiger partial charge on any atom is 0.251 e. The smallest absolute Gasteiger partial charge is 0.251 e. The zero-order valence-corrected chi connectivity index (χ0v) is 12.2. The number of carbonyl (C=O) groups is 1. The van der Waals surface area contributed by atoms with Gasteiger partial charge in [-0.15, -0.1) is 0 Å². The molecule has 108 valence electrons. The molecular weight excluding hydrogens is 301 g/mol. The molecule has 0 spiro atoms. The number of carbonyl (C=O) groups excluding carboxylic acids is 1. The molecule has 2 atom stereocenters. The van der Waals surface area contributed by atoms with E-state index in [1.807, 2.05) is 0 Å². The van der Waals surface area contributed by atoms with Crippen molar-refractivity contribution in [2.45, 2.75) is 25.3 Å². The van der Waals surface area contributed by atoms with Crippen LogP contribution in [0.3, 0.4) is 0 Å². The topological polar surface area (TPSA) is 87.7 Å². The Morgan fingerprint density at radius 1 is 1.35 bits per heavy atom. The number of nitrogens with two attached hydrogens (primary N) is 1. The van der Waals surface area contributed by atoms with Gasteiger partial charge in [-0.05, 0) is 31.0 Å². The zero-order valence-electron chi connectivity index (χ0n) is 10.6. The van der Waals surface area contributed by atoms with Crippen molar-refractivity contribution in [1.29, 1.82) is 0 Å². The Bertz CT molecular complexity index is 548. The van der Waals surface area contributed by atoms with Gasteiger partial charge in [-0.3, -0.25) is 4.79 Å². The third-order valence-electron chi connectivity index (χ3n) is 3.51. The van der Waals surface area contributed by atoms with Crippen LogP contribution < -0.4 is 11.1 Å². The summed E-state index contributed by atoms with van der Waals surface area (Å²) in [7, 11) is 0. The summed E-state index contributed by atoms with van der Waals surface area (Å²) < 4.78 is 0. The third-order valence-corrected chi connectivity index (χ3v) is 4.25. The summed E-state index contributed by atoms with van der Waals surface area (Å²) in [5.41, 5.74) is 6.07. The molecule has 0 heterocycles. The quantitative estimate of drug-likeness (QED) is 0.347. The number of benzene rings is 1. The molecule has 2 rings (SSSR count). The van der Waals surface area contributed by atoms with E-state index in [-0.39, 0.29) is 23.7 Å². The molecule has 0 radical (unpaired) electrons. The minimum atomic E-state index is -0.244. The van der Waals surface area contributed by atoms with E-state index in [0.29, 0.717) is 15.6 Å². The van der Waals surface area contributed by atoms with E-state index in [1.165, 1.54) is 6.07 Å².